The van der Waals surface area contributed by atoms with Gasteiger partial charge in [0.05, 0.1) is 0 Å². The van der Waals surface area contributed by atoms with Gasteiger partial charge in [-0.15, -0.1) is 0 Å². The summed E-state index contributed by atoms with van der Waals surface area (Å²) in [6, 6.07) is 12.3. The van der Waals surface area contributed by atoms with Crippen molar-refractivity contribution in [1.82, 2.24) is 5.32 Å². The van der Waals surface area contributed by atoms with Crippen molar-refractivity contribution in [3.63, 3.8) is 0 Å². The van der Waals surface area contributed by atoms with E-state index in [0.717, 1.165) is 29.4 Å². The van der Waals surface area contributed by atoms with Gasteiger partial charge in [0.2, 0.25) is 0 Å². The minimum absolute atomic E-state index is 0.558. The number of rotatable bonds is 6. The largest absolute Gasteiger partial charge is 0.489 e. The summed E-state index contributed by atoms with van der Waals surface area (Å²) in [5, 5.41) is 4.04. The van der Waals surface area contributed by atoms with Crippen molar-refractivity contribution < 1.29 is 4.74 Å². The molecule has 0 heterocycles. The highest BCUT2D eigenvalue weighted by atomic mass is 35.5. The van der Waals surface area contributed by atoms with Gasteiger partial charge >= 0.3 is 0 Å². The minimum Gasteiger partial charge on any atom is -0.489 e. The summed E-state index contributed by atoms with van der Waals surface area (Å²) in [7, 11) is 0. The standard InChI is InChI=1S/C18H22ClNO/c1-4-20-11-16-17(19)6-5-7-18(16)21-12-15-9-13(2)8-14(3)10-15/h5-10,20H,4,11-12H2,1-3H3. The molecule has 0 aliphatic carbocycles. The normalized spacial score (nSPS) is 10.7. The van der Waals surface area contributed by atoms with Crippen molar-refractivity contribution in [2.45, 2.75) is 33.9 Å². The fourth-order valence-electron chi connectivity index (χ4n) is 2.41. The van der Waals surface area contributed by atoms with Gasteiger partial charge in [-0.2, -0.15) is 0 Å². The number of hydrogen-bond donors (Lipinski definition) is 1. The van der Waals surface area contributed by atoms with Crippen molar-refractivity contribution in [2.24, 2.45) is 0 Å². The van der Waals surface area contributed by atoms with Crippen LogP contribution in [-0.2, 0) is 13.2 Å². The Kier molecular flexibility index (Phi) is 5.66. The Labute approximate surface area is 132 Å². The first-order valence-electron chi connectivity index (χ1n) is 7.28. The van der Waals surface area contributed by atoms with Crippen LogP contribution in [0.1, 0.15) is 29.2 Å². The van der Waals surface area contributed by atoms with Gasteiger partial charge in [-0.05, 0) is 38.1 Å². The van der Waals surface area contributed by atoms with E-state index in [9.17, 15) is 0 Å². The third-order valence-corrected chi connectivity index (χ3v) is 3.66. The lowest BCUT2D eigenvalue weighted by Gasteiger charge is -2.14. The molecule has 0 spiro atoms. The molecule has 0 atom stereocenters. The summed E-state index contributed by atoms with van der Waals surface area (Å²) in [5.41, 5.74) is 4.72. The van der Waals surface area contributed by atoms with Gasteiger partial charge < -0.3 is 10.1 Å². The van der Waals surface area contributed by atoms with Crippen molar-refractivity contribution in [3.8, 4) is 5.75 Å². The van der Waals surface area contributed by atoms with E-state index in [4.69, 9.17) is 16.3 Å². The van der Waals surface area contributed by atoms with Crippen molar-refractivity contribution >= 4 is 11.6 Å². The molecule has 0 aliphatic rings. The molecule has 2 rings (SSSR count). The van der Waals surface area contributed by atoms with E-state index in [1.807, 2.05) is 18.2 Å². The van der Waals surface area contributed by atoms with Gasteiger partial charge in [-0.25, -0.2) is 0 Å². The molecule has 2 aromatic rings. The highest BCUT2D eigenvalue weighted by Crippen LogP contribution is 2.27. The van der Waals surface area contributed by atoms with Crippen molar-refractivity contribution in [1.29, 1.82) is 0 Å². The van der Waals surface area contributed by atoms with Crippen LogP contribution in [0.2, 0.25) is 5.02 Å². The Hall–Kier alpha value is -1.51. The third-order valence-electron chi connectivity index (χ3n) is 3.30. The second kappa shape index (κ2) is 7.48. The summed E-state index contributed by atoms with van der Waals surface area (Å²) < 4.78 is 5.99. The predicted octanol–water partition coefficient (Wildman–Crippen LogP) is 4.65. The van der Waals surface area contributed by atoms with Crippen LogP contribution in [-0.4, -0.2) is 6.54 Å². The van der Waals surface area contributed by atoms with Crippen LogP contribution in [0.4, 0.5) is 0 Å². The molecule has 112 valence electrons. The summed E-state index contributed by atoms with van der Waals surface area (Å²) in [5.74, 6) is 0.850. The molecule has 0 saturated heterocycles. The Morgan fingerprint density at radius 2 is 1.81 bits per heavy atom. The molecule has 3 heteroatoms. The average molecular weight is 304 g/mol. The van der Waals surface area contributed by atoms with E-state index in [1.165, 1.54) is 16.7 Å². The number of hydrogen-bond acceptors (Lipinski definition) is 2. The average Bonchev–Trinajstić information content (AvgIpc) is 2.43. The van der Waals surface area contributed by atoms with Crippen LogP contribution in [0.15, 0.2) is 36.4 Å². The quantitative estimate of drug-likeness (QED) is 0.839. The fraction of sp³-hybridized carbons (Fsp3) is 0.333. The van der Waals surface area contributed by atoms with Gasteiger partial charge in [-0.3, -0.25) is 0 Å². The molecule has 1 N–H and O–H groups in total. The van der Waals surface area contributed by atoms with Crippen LogP contribution in [0, 0.1) is 13.8 Å². The topological polar surface area (TPSA) is 21.3 Å². The molecule has 0 unspecified atom stereocenters. The first-order chi connectivity index (χ1) is 10.1. The number of ether oxygens (including phenoxy) is 1. The summed E-state index contributed by atoms with van der Waals surface area (Å²) in [6.45, 7) is 8.47. The number of nitrogens with one attached hydrogen (secondary N) is 1. The number of benzene rings is 2. The van der Waals surface area contributed by atoms with E-state index < -0.39 is 0 Å². The molecule has 2 aromatic carbocycles. The molecule has 0 aromatic heterocycles. The summed E-state index contributed by atoms with van der Waals surface area (Å²) in [6.07, 6.45) is 0. The van der Waals surface area contributed by atoms with Gasteiger partial charge in [0, 0.05) is 17.1 Å². The first-order valence-corrected chi connectivity index (χ1v) is 7.66. The molecule has 0 bridgehead atoms. The Morgan fingerprint density at radius 1 is 1.10 bits per heavy atom. The summed E-state index contributed by atoms with van der Waals surface area (Å²) >= 11 is 6.28. The molecule has 0 fully saturated rings. The van der Waals surface area contributed by atoms with E-state index in [0.29, 0.717) is 6.61 Å². The maximum Gasteiger partial charge on any atom is 0.125 e. The minimum atomic E-state index is 0.558. The van der Waals surface area contributed by atoms with Crippen LogP contribution in [0.3, 0.4) is 0 Å². The molecule has 0 amide bonds. The Bertz CT molecular complexity index is 590. The van der Waals surface area contributed by atoms with Gasteiger partial charge in [0.1, 0.15) is 12.4 Å². The lowest BCUT2D eigenvalue weighted by atomic mass is 10.1. The predicted molar refractivity (Wildman–Crippen MR) is 89.1 cm³/mol. The Balaban J connectivity index is 2.13. The monoisotopic (exact) mass is 303 g/mol. The molecular formula is C18H22ClNO. The second-order valence-electron chi connectivity index (χ2n) is 5.28. The lowest BCUT2D eigenvalue weighted by Crippen LogP contribution is -2.13. The van der Waals surface area contributed by atoms with E-state index in [2.05, 4.69) is 44.3 Å². The smallest absolute Gasteiger partial charge is 0.125 e. The SMILES string of the molecule is CCNCc1c(Cl)cccc1OCc1cc(C)cc(C)c1. The van der Waals surface area contributed by atoms with E-state index >= 15 is 0 Å². The van der Waals surface area contributed by atoms with Gasteiger partial charge in [0.15, 0.2) is 0 Å². The van der Waals surface area contributed by atoms with Gasteiger partial charge in [0.25, 0.3) is 0 Å². The molecule has 2 nitrogen and oxygen atoms in total. The molecular weight excluding hydrogens is 282 g/mol. The number of halogens is 1. The highest BCUT2D eigenvalue weighted by Gasteiger charge is 2.08. The zero-order chi connectivity index (χ0) is 15.2. The van der Waals surface area contributed by atoms with Gasteiger partial charge in [-0.1, -0.05) is 53.9 Å². The molecule has 0 radical (unpaired) electrons. The first kappa shape index (κ1) is 15.9. The Morgan fingerprint density at radius 3 is 2.48 bits per heavy atom. The van der Waals surface area contributed by atoms with E-state index in [-0.39, 0.29) is 0 Å². The van der Waals surface area contributed by atoms with Crippen LogP contribution < -0.4 is 10.1 Å². The lowest BCUT2D eigenvalue weighted by molar-refractivity contribution is 0.302. The van der Waals surface area contributed by atoms with E-state index in [1.54, 1.807) is 0 Å². The zero-order valence-corrected chi connectivity index (χ0v) is 13.6. The maximum atomic E-state index is 6.28. The van der Waals surface area contributed by atoms with Crippen molar-refractivity contribution in [3.05, 3.63) is 63.7 Å². The molecule has 0 saturated carbocycles. The highest BCUT2D eigenvalue weighted by molar-refractivity contribution is 6.31. The fourth-order valence-corrected chi connectivity index (χ4v) is 2.64. The van der Waals surface area contributed by atoms with Crippen LogP contribution in [0.5, 0.6) is 5.75 Å². The maximum absolute atomic E-state index is 6.28. The van der Waals surface area contributed by atoms with Crippen molar-refractivity contribution in [2.75, 3.05) is 6.54 Å². The molecule has 0 aliphatic heterocycles. The second-order valence-corrected chi connectivity index (χ2v) is 5.69. The molecule has 21 heavy (non-hydrogen) atoms. The third kappa shape index (κ3) is 4.48. The van der Waals surface area contributed by atoms with Crippen LogP contribution in [0.25, 0.3) is 0 Å². The van der Waals surface area contributed by atoms with Crippen LogP contribution >= 0.6 is 11.6 Å². The summed E-state index contributed by atoms with van der Waals surface area (Å²) in [4.78, 5) is 0. The zero-order valence-electron chi connectivity index (χ0n) is 12.9. The number of aryl methyl sites for hydroxylation is 2.